The average molecular weight is 269 g/mol. The third kappa shape index (κ3) is 3.86. The van der Waals surface area contributed by atoms with Crippen molar-refractivity contribution in [3.05, 3.63) is 35.9 Å². The van der Waals surface area contributed by atoms with E-state index < -0.39 is 5.79 Å². The number of rotatable bonds is 3. The molecule has 0 radical (unpaired) electrons. The van der Waals surface area contributed by atoms with Gasteiger partial charge in [0, 0.05) is 14.2 Å². The molecule has 0 unspecified atom stereocenters. The van der Waals surface area contributed by atoms with Gasteiger partial charge < -0.3 is 26.5 Å². The van der Waals surface area contributed by atoms with E-state index in [-0.39, 0.29) is 40.0 Å². The Hall–Kier alpha value is 0.386. The molecule has 0 spiro atoms. The maximum absolute atomic E-state index is 5.22. The Bertz CT molecular complexity index is 237. The zero-order valence-electron chi connectivity index (χ0n) is 8.71. The van der Waals surface area contributed by atoms with E-state index in [0.29, 0.717) is 0 Å². The topological polar surface area (TPSA) is 18.5 Å². The second-order valence-electron chi connectivity index (χ2n) is 2.63. The van der Waals surface area contributed by atoms with E-state index in [9.17, 15) is 0 Å². The summed E-state index contributed by atoms with van der Waals surface area (Å²) in [6, 6.07) is 10.7. The van der Waals surface area contributed by atoms with Gasteiger partial charge in [-0.25, -0.2) is 0 Å². The minimum absolute atomic E-state index is 0. The molecule has 1 rings (SSSR count). The maximum atomic E-state index is 5.22. The first-order chi connectivity index (χ1) is 5.73. The van der Waals surface area contributed by atoms with Crippen molar-refractivity contribution in [2.24, 2.45) is 0 Å². The van der Waals surface area contributed by atoms with Crippen LogP contribution in [-0.4, -0.2) is 37.3 Å². The van der Waals surface area contributed by atoms with Crippen LogP contribution >= 0.6 is 0 Å². The van der Waals surface area contributed by atoms with Crippen molar-refractivity contribution < 1.29 is 26.5 Å². The predicted octanol–water partition coefficient (Wildman–Crippen LogP) is -1.42. The number of hydrogen-bond donors (Lipinski definition) is 0. The second-order valence-corrected chi connectivity index (χ2v) is 2.63. The molecule has 2 nitrogen and oxygen atoms in total. The third-order valence-electron chi connectivity index (χ3n) is 1.98. The molecule has 1 aromatic carbocycles. The van der Waals surface area contributed by atoms with Gasteiger partial charge in [-0.05, 0) is 6.92 Å². The number of ether oxygens (including phenoxy) is 2. The molecule has 0 bridgehead atoms. The summed E-state index contributed by atoms with van der Waals surface area (Å²) in [4.78, 5) is 0. The molecular formula is C10H13BrMgO2. The third-order valence-corrected chi connectivity index (χ3v) is 1.98. The molecule has 14 heavy (non-hydrogen) atoms. The quantitative estimate of drug-likeness (QED) is 0.381. The molecule has 74 valence electrons. The Labute approximate surface area is 112 Å². The standard InChI is InChI=1S/C10H13O2.BrH.Mg/c1-10(11-2,12-3)9-7-5-4-6-8-9;;/h4-7H,1-3H3;1H;/q-1;;+2/p-1. The van der Waals surface area contributed by atoms with E-state index >= 15 is 0 Å². The van der Waals surface area contributed by atoms with Crippen LogP contribution < -0.4 is 17.0 Å². The second kappa shape index (κ2) is 7.65. The van der Waals surface area contributed by atoms with Crippen LogP contribution in [0.5, 0.6) is 0 Å². The zero-order chi connectivity index (χ0) is 9.03. The van der Waals surface area contributed by atoms with E-state index in [1.54, 1.807) is 14.2 Å². The van der Waals surface area contributed by atoms with Crippen LogP contribution in [0.25, 0.3) is 0 Å². The van der Waals surface area contributed by atoms with Crippen molar-refractivity contribution in [1.29, 1.82) is 0 Å². The van der Waals surface area contributed by atoms with Crippen molar-refractivity contribution >= 4 is 23.1 Å². The fourth-order valence-electron chi connectivity index (χ4n) is 0.979. The number of hydrogen-bond acceptors (Lipinski definition) is 2. The first-order valence-electron chi connectivity index (χ1n) is 3.80. The van der Waals surface area contributed by atoms with Gasteiger partial charge >= 0.3 is 23.1 Å². The van der Waals surface area contributed by atoms with Crippen LogP contribution in [-0.2, 0) is 15.3 Å². The molecule has 0 fully saturated rings. The number of benzene rings is 1. The summed E-state index contributed by atoms with van der Waals surface area (Å²) >= 11 is 0. The van der Waals surface area contributed by atoms with E-state index in [4.69, 9.17) is 9.47 Å². The molecule has 0 aliphatic heterocycles. The first-order valence-corrected chi connectivity index (χ1v) is 3.80. The minimum Gasteiger partial charge on any atom is -1.00 e. The number of methoxy groups -OCH3 is 2. The Morgan fingerprint density at radius 1 is 1.21 bits per heavy atom. The smallest absolute Gasteiger partial charge is 1.00 e. The fraction of sp³-hybridized carbons (Fsp3) is 0.400. The van der Waals surface area contributed by atoms with Crippen molar-refractivity contribution in [3.8, 4) is 0 Å². The minimum atomic E-state index is -0.679. The Kier molecular flexibility index (Phi) is 9.18. The molecule has 0 saturated carbocycles. The molecule has 0 saturated heterocycles. The predicted molar refractivity (Wildman–Crippen MR) is 52.4 cm³/mol. The van der Waals surface area contributed by atoms with E-state index in [1.165, 1.54) is 0 Å². The largest absolute Gasteiger partial charge is 2.00 e. The van der Waals surface area contributed by atoms with Gasteiger partial charge in [-0.15, -0.1) is 5.56 Å². The fourth-order valence-corrected chi connectivity index (χ4v) is 0.979. The number of halogens is 1. The normalized spacial score (nSPS) is 9.93. The molecule has 0 amide bonds. The summed E-state index contributed by atoms with van der Waals surface area (Å²) in [5, 5.41) is 0. The van der Waals surface area contributed by atoms with E-state index in [2.05, 4.69) is 6.07 Å². The van der Waals surface area contributed by atoms with Crippen LogP contribution in [0.15, 0.2) is 24.3 Å². The molecule has 0 aliphatic carbocycles. The van der Waals surface area contributed by atoms with Gasteiger partial charge in [-0.2, -0.15) is 30.3 Å². The Morgan fingerprint density at radius 3 is 2.14 bits per heavy atom. The Morgan fingerprint density at radius 2 is 1.79 bits per heavy atom. The molecular weight excluding hydrogens is 256 g/mol. The molecule has 4 heteroatoms. The maximum Gasteiger partial charge on any atom is 2.00 e. The average Bonchev–Trinajstić information content (AvgIpc) is 2.18. The van der Waals surface area contributed by atoms with Gasteiger partial charge in [0.25, 0.3) is 0 Å². The molecule has 0 aliphatic rings. The van der Waals surface area contributed by atoms with Crippen LogP contribution in [0.3, 0.4) is 0 Å². The van der Waals surface area contributed by atoms with Gasteiger partial charge in [-0.3, -0.25) is 0 Å². The molecule has 1 aromatic rings. The molecule has 0 atom stereocenters. The van der Waals surface area contributed by atoms with Gasteiger partial charge in [0.15, 0.2) is 5.79 Å². The SMILES string of the molecule is COC(C)(OC)c1[c-]cccc1.[Br-].[Mg+2]. The van der Waals surface area contributed by atoms with Gasteiger partial charge in [0.1, 0.15) is 0 Å². The van der Waals surface area contributed by atoms with Crippen LogP contribution in [0.2, 0.25) is 0 Å². The summed E-state index contributed by atoms with van der Waals surface area (Å²) in [5.41, 5.74) is 0.898. The van der Waals surface area contributed by atoms with Crippen molar-refractivity contribution in [1.82, 2.24) is 0 Å². The summed E-state index contributed by atoms with van der Waals surface area (Å²) in [6.45, 7) is 1.86. The molecule has 0 heterocycles. The van der Waals surface area contributed by atoms with Crippen molar-refractivity contribution in [2.45, 2.75) is 12.7 Å². The van der Waals surface area contributed by atoms with Crippen LogP contribution in [0.1, 0.15) is 12.5 Å². The van der Waals surface area contributed by atoms with Crippen LogP contribution in [0, 0.1) is 6.07 Å². The van der Waals surface area contributed by atoms with Gasteiger partial charge in [-0.1, -0.05) is 0 Å². The van der Waals surface area contributed by atoms with Gasteiger partial charge in [0.05, 0.1) is 0 Å². The summed E-state index contributed by atoms with van der Waals surface area (Å²) in [7, 11) is 3.23. The molecule has 0 aromatic heterocycles. The van der Waals surface area contributed by atoms with Gasteiger partial charge in [0.2, 0.25) is 0 Å². The zero-order valence-corrected chi connectivity index (χ0v) is 11.7. The monoisotopic (exact) mass is 268 g/mol. The summed E-state index contributed by atoms with van der Waals surface area (Å²) in [5.74, 6) is -0.679. The summed E-state index contributed by atoms with van der Waals surface area (Å²) < 4.78 is 10.4. The van der Waals surface area contributed by atoms with Crippen molar-refractivity contribution in [3.63, 3.8) is 0 Å². The first kappa shape index (κ1) is 16.8. The Balaban J connectivity index is 0. The summed E-state index contributed by atoms with van der Waals surface area (Å²) in [6.07, 6.45) is 0. The van der Waals surface area contributed by atoms with Crippen LogP contribution in [0.4, 0.5) is 0 Å². The van der Waals surface area contributed by atoms with E-state index in [0.717, 1.165) is 5.56 Å². The van der Waals surface area contributed by atoms with Crippen molar-refractivity contribution in [2.75, 3.05) is 14.2 Å². The molecule has 0 N–H and O–H groups in total. The van der Waals surface area contributed by atoms with E-state index in [1.807, 2.05) is 31.2 Å².